The zero-order valence-electron chi connectivity index (χ0n) is 16.5. The Hall–Kier alpha value is -3.10. The van der Waals surface area contributed by atoms with Crippen molar-refractivity contribution >= 4 is 34.1 Å². The molecule has 0 bridgehead atoms. The number of aryl methyl sites for hydroxylation is 1. The Bertz CT molecular complexity index is 1140. The summed E-state index contributed by atoms with van der Waals surface area (Å²) < 4.78 is 5.20. The summed E-state index contributed by atoms with van der Waals surface area (Å²) in [6.45, 7) is 2.00. The second-order valence-corrected chi connectivity index (χ2v) is 8.62. The largest absolute Gasteiger partial charge is 0.497 e. The molecule has 4 aromatic rings. The highest BCUT2D eigenvalue weighted by atomic mass is 32.2. The highest BCUT2D eigenvalue weighted by Crippen LogP contribution is 2.31. The molecule has 0 aliphatic heterocycles. The number of thioether (sulfide) groups is 1. The van der Waals surface area contributed by atoms with E-state index in [0.29, 0.717) is 10.3 Å². The van der Waals surface area contributed by atoms with Crippen molar-refractivity contribution in [1.82, 2.24) is 15.0 Å². The number of imidazole rings is 1. The molecule has 2 aromatic carbocycles. The lowest BCUT2D eigenvalue weighted by atomic mass is 10.1. The molecule has 0 saturated carbocycles. The van der Waals surface area contributed by atoms with E-state index in [0.717, 1.165) is 33.1 Å². The van der Waals surface area contributed by atoms with Crippen molar-refractivity contribution in [3.05, 3.63) is 65.7 Å². The fourth-order valence-corrected chi connectivity index (χ4v) is 4.40. The Morgan fingerprint density at radius 3 is 2.63 bits per heavy atom. The van der Waals surface area contributed by atoms with Crippen LogP contribution in [-0.4, -0.2) is 33.7 Å². The molecule has 2 heterocycles. The average molecular weight is 437 g/mol. The number of H-pyrrole nitrogens is 1. The molecule has 0 radical (unpaired) electrons. The second kappa shape index (κ2) is 9.15. The van der Waals surface area contributed by atoms with Crippen LogP contribution in [0.25, 0.3) is 22.5 Å². The minimum Gasteiger partial charge on any atom is -0.497 e. The van der Waals surface area contributed by atoms with Crippen LogP contribution in [-0.2, 0) is 4.79 Å². The zero-order chi connectivity index (χ0) is 20.9. The van der Waals surface area contributed by atoms with Gasteiger partial charge in [0, 0.05) is 10.4 Å². The summed E-state index contributed by atoms with van der Waals surface area (Å²) in [4.78, 5) is 25.6. The van der Waals surface area contributed by atoms with Crippen LogP contribution in [0.15, 0.2) is 66.0 Å². The van der Waals surface area contributed by atoms with Crippen LogP contribution in [0.5, 0.6) is 5.75 Å². The van der Waals surface area contributed by atoms with Gasteiger partial charge in [-0.15, -0.1) is 11.3 Å². The van der Waals surface area contributed by atoms with E-state index in [1.165, 1.54) is 23.1 Å². The van der Waals surface area contributed by atoms with Crippen molar-refractivity contribution in [1.29, 1.82) is 0 Å². The van der Waals surface area contributed by atoms with Crippen molar-refractivity contribution in [2.75, 3.05) is 18.2 Å². The Kier molecular flexibility index (Phi) is 6.15. The number of carbonyl (C=O) groups is 1. The van der Waals surface area contributed by atoms with Crippen LogP contribution in [0, 0.1) is 6.92 Å². The van der Waals surface area contributed by atoms with Crippen LogP contribution >= 0.6 is 23.1 Å². The molecule has 2 aromatic heterocycles. The maximum Gasteiger partial charge on any atom is 0.236 e. The first kappa shape index (κ1) is 20.2. The Balaban J connectivity index is 1.36. The molecule has 0 fully saturated rings. The van der Waals surface area contributed by atoms with Gasteiger partial charge in [-0.1, -0.05) is 42.1 Å². The number of methoxy groups -OCH3 is 1. The standard InChI is InChI=1S/C22H20N4O2S2/c1-14-20(16-8-10-17(28-2)11-9-16)26-22(30-14)25-19(27)13-29-21-23-12-18(24-21)15-6-4-3-5-7-15/h3-12H,13H2,1-2H3,(H,23,24)(H,25,26,27). The Morgan fingerprint density at radius 1 is 1.13 bits per heavy atom. The molecule has 0 aliphatic carbocycles. The molecular weight excluding hydrogens is 416 g/mol. The summed E-state index contributed by atoms with van der Waals surface area (Å²) in [7, 11) is 1.64. The van der Waals surface area contributed by atoms with Gasteiger partial charge >= 0.3 is 0 Å². The van der Waals surface area contributed by atoms with Gasteiger partial charge in [0.2, 0.25) is 5.91 Å². The van der Waals surface area contributed by atoms with E-state index in [9.17, 15) is 4.79 Å². The van der Waals surface area contributed by atoms with Crippen molar-refractivity contribution in [3.8, 4) is 28.3 Å². The van der Waals surface area contributed by atoms with Gasteiger partial charge in [0.25, 0.3) is 0 Å². The maximum absolute atomic E-state index is 12.4. The van der Waals surface area contributed by atoms with Crippen LogP contribution in [0.3, 0.4) is 0 Å². The third-order valence-electron chi connectivity index (χ3n) is 4.38. The minimum absolute atomic E-state index is 0.118. The lowest BCUT2D eigenvalue weighted by Crippen LogP contribution is -2.13. The van der Waals surface area contributed by atoms with Crippen molar-refractivity contribution in [3.63, 3.8) is 0 Å². The number of benzene rings is 2. The predicted octanol–water partition coefficient (Wildman–Crippen LogP) is 5.25. The van der Waals surface area contributed by atoms with Gasteiger partial charge in [0.05, 0.1) is 30.4 Å². The molecule has 0 saturated heterocycles. The number of thiazole rings is 1. The molecule has 0 spiro atoms. The SMILES string of the molecule is COc1ccc(-c2nc(NC(=O)CSc3ncc(-c4ccccc4)[nH]3)sc2C)cc1. The Labute approximate surface area is 182 Å². The maximum atomic E-state index is 12.4. The summed E-state index contributed by atoms with van der Waals surface area (Å²) in [6.07, 6.45) is 1.78. The first-order valence-electron chi connectivity index (χ1n) is 9.27. The van der Waals surface area contributed by atoms with Gasteiger partial charge in [0.1, 0.15) is 5.75 Å². The number of nitrogens with zero attached hydrogens (tertiary/aromatic N) is 2. The van der Waals surface area contributed by atoms with E-state index < -0.39 is 0 Å². The first-order valence-corrected chi connectivity index (χ1v) is 11.1. The third-order valence-corrected chi connectivity index (χ3v) is 6.16. The van der Waals surface area contributed by atoms with Gasteiger partial charge in [-0.25, -0.2) is 9.97 Å². The predicted molar refractivity (Wildman–Crippen MR) is 122 cm³/mol. The number of hydrogen-bond donors (Lipinski definition) is 2. The average Bonchev–Trinajstić information content (AvgIpc) is 3.39. The lowest BCUT2D eigenvalue weighted by Gasteiger charge is -2.02. The molecule has 152 valence electrons. The number of hydrogen-bond acceptors (Lipinski definition) is 6. The Morgan fingerprint density at radius 2 is 1.90 bits per heavy atom. The molecule has 6 nitrogen and oxygen atoms in total. The van der Waals surface area contributed by atoms with Gasteiger partial charge in [-0.2, -0.15) is 0 Å². The number of carbonyl (C=O) groups excluding carboxylic acids is 1. The van der Waals surface area contributed by atoms with Gasteiger partial charge in [-0.3, -0.25) is 4.79 Å². The molecule has 30 heavy (non-hydrogen) atoms. The summed E-state index contributed by atoms with van der Waals surface area (Å²) in [6, 6.07) is 17.7. The molecule has 1 amide bonds. The van der Waals surface area contributed by atoms with Crippen LogP contribution < -0.4 is 10.1 Å². The van der Waals surface area contributed by atoms with E-state index >= 15 is 0 Å². The second-order valence-electron chi connectivity index (χ2n) is 6.46. The van der Waals surface area contributed by atoms with Crippen molar-refractivity contribution in [2.24, 2.45) is 0 Å². The number of nitrogens with one attached hydrogen (secondary N) is 2. The third kappa shape index (κ3) is 4.72. The summed E-state index contributed by atoms with van der Waals surface area (Å²) in [5.74, 6) is 0.927. The van der Waals surface area contributed by atoms with Gasteiger partial charge in [0.15, 0.2) is 10.3 Å². The van der Waals surface area contributed by atoms with Crippen LogP contribution in [0.4, 0.5) is 5.13 Å². The monoisotopic (exact) mass is 436 g/mol. The minimum atomic E-state index is -0.118. The molecule has 2 N–H and O–H groups in total. The summed E-state index contributed by atoms with van der Waals surface area (Å²) in [5.41, 5.74) is 3.84. The number of aromatic amines is 1. The van der Waals surface area contributed by atoms with E-state index in [1.54, 1.807) is 13.3 Å². The molecule has 4 rings (SSSR count). The van der Waals surface area contributed by atoms with Crippen molar-refractivity contribution < 1.29 is 9.53 Å². The number of anilines is 1. The molecular formula is C22H20N4O2S2. The molecule has 0 unspecified atom stereocenters. The fourth-order valence-electron chi connectivity index (χ4n) is 2.90. The van der Waals surface area contributed by atoms with E-state index in [2.05, 4.69) is 20.3 Å². The normalized spacial score (nSPS) is 10.7. The quantitative estimate of drug-likeness (QED) is 0.387. The van der Waals surface area contributed by atoms with E-state index in [4.69, 9.17) is 4.74 Å². The molecule has 8 heteroatoms. The number of ether oxygens (including phenoxy) is 1. The van der Waals surface area contributed by atoms with Crippen LogP contribution in [0.2, 0.25) is 0 Å². The summed E-state index contributed by atoms with van der Waals surface area (Å²) >= 11 is 2.82. The number of rotatable bonds is 7. The molecule has 0 atom stereocenters. The van der Waals surface area contributed by atoms with E-state index in [-0.39, 0.29) is 11.7 Å². The zero-order valence-corrected chi connectivity index (χ0v) is 18.1. The van der Waals surface area contributed by atoms with Crippen molar-refractivity contribution in [2.45, 2.75) is 12.1 Å². The first-order chi connectivity index (χ1) is 14.6. The van der Waals surface area contributed by atoms with Gasteiger partial charge < -0.3 is 15.0 Å². The topological polar surface area (TPSA) is 79.9 Å². The number of aromatic nitrogens is 3. The van der Waals surface area contributed by atoms with Gasteiger partial charge in [-0.05, 0) is 36.8 Å². The lowest BCUT2D eigenvalue weighted by molar-refractivity contribution is -0.113. The van der Waals surface area contributed by atoms with E-state index in [1.807, 2.05) is 61.5 Å². The molecule has 0 aliphatic rings. The highest BCUT2D eigenvalue weighted by molar-refractivity contribution is 7.99. The highest BCUT2D eigenvalue weighted by Gasteiger charge is 2.13. The number of amides is 1. The summed E-state index contributed by atoms with van der Waals surface area (Å²) in [5, 5.41) is 4.18. The fraction of sp³-hybridized carbons (Fsp3) is 0.136. The smallest absolute Gasteiger partial charge is 0.236 e. The van der Waals surface area contributed by atoms with Crippen LogP contribution in [0.1, 0.15) is 4.88 Å².